The molecule has 2 fully saturated rings. The number of carbonyl (C=O) groups is 3. The first-order valence-corrected chi connectivity index (χ1v) is 9.25. The molecule has 2 heterocycles. The van der Waals surface area contributed by atoms with Crippen LogP contribution in [0.3, 0.4) is 0 Å². The second-order valence-corrected chi connectivity index (χ2v) is 7.63. The lowest BCUT2D eigenvalue weighted by Crippen LogP contribution is -2.49. The zero-order chi connectivity index (χ0) is 17.6. The van der Waals surface area contributed by atoms with E-state index in [-0.39, 0.29) is 36.7 Å². The van der Waals surface area contributed by atoms with Gasteiger partial charge in [-0.25, -0.2) is 0 Å². The van der Waals surface area contributed by atoms with Crippen LogP contribution in [0.1, 0.15) is 50.2 Å². The van der Waals surface area contributed by atoms with E-state index in [0.717, 1.165) is 43.4 Å². The third-order valence-corrected chi connectivity index (χ3v) is 6.18. The van der Waals surface area contributed by atoms with Crippen molar-refractivity contribution in [2.75, 3.05) is 13.1 Å². The van der Waals surface area contributed by atoms with Crippen LogP contribution in [0.4, 0.5) is 0 Å². The van der Waals surface area contributed by atoms with E-state index in [2.05, 4.69) is 0 Å². The molecule has 1 aliphatic carbocycles. The van der Waals surface area contributed by atoms with E-state index in [1.807, 2.05) is 36.1 Å². The fraction of sp³-hybridized carbons (Fsp3) is 0.550. The summed E-state index contributed by atoms with van der Waals surface area (Å²) < 4.78 is 0. The molecular formula is C20H24N2O3. The van der Waals surface area contributed by atoms with Gasteiger partial charge in [-0.05, 0) is 50.2 Å². The zero-order valence-corrected chi connectivity index (χ0v) is 14.7. The van der Waals surface area contributed by atoms with Gasteiger partial charge in [0.1, 0.15) is 6.54 Å². The van der Waals surface area contributed by atoms with Gasteiger partial charge < -0.3 is 4.90 Å². The molecule has 132 valence electrons. The molecule has 5 heteroatoms. The summed E-state index contributed by atoms with van der Waals surface area (Å²) in [5, 5.41) is 0. The summed E-state index contributed by atoms with van der Waals surface area (Å²) in [6, 6.07) is 8.08. The van der Waals surface area contributed by atoms with Gasteiger partial charge in [0.25, 0.3) is 0 Å². The Morgan fingerprint density at radius 3 is 2.84 bits per heavy atom. The minimum atomic E-state index is -0.735. The predicted octanol–water partition coefficient (Wildman–Crippen LogP) is 2.03. The van der Waals surface area contributed by atoms with E-state index in [1.54, 1.807) is 0 Å². The highest BCUT2D eigenvalue weighted by Gasteiger charge is 2.55. The molecule has 3 aliphatic rings. The van der Waals surface area contributed by atoms with Crippen LogP contribution >= 0.6 is 0 Å². The molecule has 0 aromatic heterocycles. The van der Waals surface area contributed by atoms with Gasteiger partial charge in [-0.15, -0.1) is 0 Å². The van der Waals surface area contributed by atoms with Gasteiger partial charge in [-0.1, -0.05) is 24.3 Å². The summed E-state index contributed by atoms with van der Waals surface area (Å²) >= 11 is 0. The number of carbonyl (C=O) groups excluding carboxylic acids is 3. The Morgan fingerprint density at radius 2 is 2.04 bits per heavy atom. The Kier molecular flexibility index (Phi) is 3.89. The Balaban J connectivity index is 1.56. The maximum atomic E-state index is 13.1. The first-order chi connectivity index (χ1) is 12.0. The zero-order valence-electron chi connectivity index (χ0n) is 14.7. The second-order valence-electron chi connectivity index (χ2n) is 7.63. The van der Waals surface area contributed by atoms with Gasteiger partial charge in [-0.2, -0.15) is 0 Å². The highest BCUT2D eigenvalue weighted by Crippen LogP contribution is 2.46. The van der Waals surface area contributed by atoms with Gasteiger partial charge in [0.15, 0.2) is 0 Å². The van der Waals surface area contributed by atoms with Crippen LogP contribution < -0.4 is 0 Å². The molecule has 0 saturated carbocycles. The second kappa shape index (κ2) is 5.97. The number of amides is 3. The van der Waals surface area contributed by atoms with E-state index >= 15 is 0 Å². The minimum absolute atomic E-state index is 0.0998. The van der Waals surface area contributed by atoms with Crippen LogP contribution in [0.5, 0.6) is 0 Å². The summed E-state index contributed by atoms with van der Waals surface area (Å²) in [7, 11) is 0. The summed E-state index contributed by atoms with van der Waals surface area (Å²) in [4.78, 5) is 41.5. The maximum absolute atomic E-state index is 13.1. The topological polar surface area (TPSA) is 57.7 Å². The highest BCUT2D eigenvalue weighted by atomic mass is 16.2. The number of likely N-dealkylation sites (tertiary alicyclic amines) is 2. The van der Waals surface area contributed by atoms with Gasteiger partial charge in [0.2, 0.25) is 17.7 Å². The van der Waals surface area contributed by atoms with E-state index in [4.69, 9.17) is 0 Å². The fourth-order valence-corrected chi connectivity index (χ4v) is 4.75. The lowest BCUT2D eigenvalue weighted by atomic mass is 9.80. The van der Waals surface area contributed by atoms with Crippen molar-refractivity contribution in [2.45, 2.75) is 56.9 Å². The Hall–Kier alpha value is -2.17. The summed E-state index contributed by atoms with van der Waals surface area (Å²) in [5.74, 6) is -0.489. The standard InChI is InChI=1S/C20H24N2O3/c1-14-6-4-5-11-21(14)18(24)13-22-17(23)12-20(19(22)25)10-9-15-7-2-3-8-16(15)20/h2-3,7-8,14H,4-6,9-13H2,1H3/t14-,20+/m0/s1. The van der Waals surface area contributed by atoms with Gasteiger partial charge in [0.05, 0.1) is 5.41 Å². The van der Waals surface area contributed by atoms with Gasteiger partial charge in [-0.3, -0.25) is 19.3 Å². The van der Waals surface area contributed by atoms with E-state index in [0.29, 0.717) is 6.42 Å². The van der Waals surface area contributed by atoms with Gasteiger partial charge in [0, 0.05) is 19.0 Å². The van der Waals surface area contributed by atoms with Crippen molar-refractivity contribution in [3.8, 4) is 0 Å². The third-order valence-electron chi connectivity index (χ3n) is 6.18. The number of hydrogen-bond acceptors (Lipinski definition) is 3. The molecule has 2 atom stereocenters. The molecule has 1 aromatic rings. The first-order valence-electron chi connectivity index (χ1n) is 9.25. The molecule has 2 aliphatic heterocycles. The van der Waals surface area contributed by atoms with Crippen LogP contribution in [0.25, 0.3) is 0 Å². The van der Waals surface area contributed by atoms with Crippen LogP contribution in [-0.4, -0.2) is 46.7 Å². The van der Waals surface area contributed by atoms with E-state index < -0.39 is 5.41 Å². The van der Waals surface area contributed by atoms with Crippen LogP contribution in [0.2, 0.25) is 0 Å². The summed E-state index contributed by atoms with van der Waals surface area (Å²) in [5.41, 5.74) is 1.40. The number of piperidine rings is 1. The monoisotopic (exact) mass is 340 g/mol. The Morgan fingerprint density at radius 1 is 1.24 bits per heavy atom. The number of hydrogen-bond donors (Lipinski definition) is 0. The molecule has 0 bridgehead atoms. The van der Waals surface area contributed by atoms with Crippen molar-refractivity contribution >= 4 is 17.7 Å². The number of fused-ring (bicyclic) bond motifs is 2. The minimum Gasteiger partial charge on any atom is -0.338 e. The van der Waals surface area contributed by atoms with E-state index in [1.165, 1.54) is 4.90 Å². The fourth-order valence-electron chi connectivity index (χ4n) is 4.75. The van der Waals surface area contributed by atoms with Crippen molar-refractivity contribution < 1.29 is 14.4 Å². The summed E-state index contributed by atoms with van der Waals surface area (Å²) in [6.07, 6.45) is 4.81. The van der Waals surface area contributed by atoms with Gasteiger partial charge >= 0.3 is 0 Å². The number of rotatable bonds is 2. The molecule has 0 radical (unpaired) electrons. The number of imide groups is 1. The summed E-state index contributed by atoms with van der Waals surface area (Å²) in [6.45, 7) is 2.66. The lowest BCUT2D eigenvalue weighted by molar-refractivity contribution is -0.147. The van der Waals surface area contributed by atoms with Crippen LogP contribution in [-0.2, 0) is 26.2 Å². The quantitative estimate of drug-likeness (QED) is 0.774. The highest BCUT2D eigenvalue weighted by molar-refractivity contribution is 6.11. The van der Waals surface area contributed by atoms with Crippen molar-refractivity contribution in [3.05, 3.63) is 35.4 Å². The average molecular weight is 340 g/mol. The largest absolute Gasteiger partial charge is 0.338 e. The Bertz CT molecular complexity index is 744. The molecule has 0 unspecified atom stereocenters. The van der Waals surface area contributed by atoms with Crippen LogP contribution in [0.15, 0.2) is 24.3 Å². The third kappa shape index (κ3) is 2.48. The number of nitrogens with zero attached hydrogens (tertiary/aromatic N) is 2. The normalized spacial score (nSPS) is 28.8. The molecular weight excluding hydrogens is 316 g/mol. The molecule has 3 amide bonds. The number of aryl methyl sites for hydroxylation is 1. The molecule has 0 N–H and O–H groups in total. The average Bonchev–Trinajstić information content (AvgIpc) is 3.09. The molecule has 4 rings (SSSR count). The van der Waals surface area contributed by atoms with E-state index in [9.17, 15) is 14.4 Å². The van der Waals surface area contributed by atoms with Crippen molar-refractivity contribution in [1.82, 2.24) is 9.80 Å². The molecule has 5 nitrogen and oxygen atoms in total. The molecule has 1 aromatic carbocycles. The molecule has 25 heavy (non-hydrogen) atoms. The van der Waals surface area contributed by atoms with Crippen molar-refractivity contribution in [1.29, 1.82) is 0 Å². The van der Waals surface area contributed by atoms with Crippen LogP contribution in [0, 0.1) is 0 Å². The Labute approximate surface area is 148 Å². The SMILES string of the molecule is C[C@H]1CCCCN1C(=O)CN1C(=O)C[C@@]2(CCc3ccccc32)C1=O. The maximum Gasteiger partial charge on any atom is 0.242 e. The van der Waals surface area contributed by atoms with Crippen molar-refractivity contribution in [2.24, 2.45) is 0 Å². The number of benzene rings is 1. The predicted molar refractivity (Wildman–Crippen MR) is 92.8 cm³/mol. The molecule has 2 saturated heterocycles. The van der Waals surface area contributed by atoms with Crippen molar-refractivity contribution in [3.63, 3.8) is 0 Å². The first kappa shape index (κ1) is 16.3. The molecule has 1 spiro atoms. The smallest absolute Gasteiger partial charge is 0.242 e. The lowest BCUT2D eigenvalue weighted by Gasteiger charge is -2.34.